The summed E-state index contributed by atoms with van der Waals surface area (Å²) in [5.74, 6) is 0.556. The number of benzene rings is 1. The van der Waals surface area contributed by atoms with Crippen LogP contribution in [-0.4, -0.2) is 27.2 Å². The van der Waals surface area contributed by atoms with Crippen LogP contribution in [0.3, 0.4) is 0 Å². The van der Waals surface area contributed by atoms with E-state index >= 15 is 0 Å². The molecule has 0 fully saturated rings. The van der Waals surface area contributed by atoms with E-state index in [2.05, 4.69) is 48.5 Å². The van der Waals surface area contributed by atoms with Gasteiger partial charge in [-0.1, -0.05) is 31.2 Å². The number of aromatic nitrogens is 3. The number of nitrogens with one attached hydrogen (secondary N) is 1. The van der Waals surface area contributed by atoms with Crippen molar-refractivity contribution in [3.63, 3.8) is 0 Å². The lowest BCUT2D eigenvalue weighted by Gasteiger charge is -2.26. The summed E-state index contributed by atoms with van der Waals surface area (Å²) in [6, 6.07) is 10.3. The molecule has 0 spiro atoms. The van der Waals surface area contributed by atoms with Gasteiger partial charge in [0.15, 0.2) is 0 Å². The predicted molar refractivity (Wildman–Crippen MR) is 118 cm³/mol. The molecule has 0 saturated carbocycles. The second-order valence-corrected chi connectivity index (χ2v) is 9.20. The first-order chi connectivity index (χ1) is 14.0. The van der Waals surface area contributed by atoms with Crippen molar-refractivity contribution >= 4 is 27.5 Å². The van der Waals surface area contributed by atoms with Crippen LogP contribution < -0.4 is 5.32 Å². The summed E-state index contributed by atoms with van der Waals surface area (Å²) in [5, 5.41) is 8.80. The molecule has 3 aromatic rings. The highest BCUT2D eigenvalue weighted by Crippen LogP contribution is 2.38. The Morgan fingerprint density at radius 3 is 2.83 bits per heavy atom. The SMILES string of the molecule is Cc1cc(C)n(CC(C)CNC(=O)C2CC=CCC2c2nc3ccccc3s2)n1. The van der Waals surface area contributed by atoms with Crippen molar-refractivity contribution in [1.29, 1.82) is 0 Å². The predicted octanol–water partition coefficient (Wildman–Crippen LogP) is 4.61. The van der Waals surface area contributed by atoms with Gasteiger partial charge in [-0.15, -0.1) is 11.3 Å². The Bertz CT molecular complexity index is 1000. The largest absolute Gasteiger partial charge is 0.355 e. The van der Waals surface area contributed by atoms with Crippen molar-refractivity contribution in [2.24, 2.45) is 11.8 Å². The first kappa shape index (κ1) is 19.8. The third kappa shape index (κ3) is 4.42. The lowest BCUT2D eigenvalue weighted by molar-refractivity contribution is -0.126. The molecule has 1 N–H and O–H groups in total. The molecule has 4 rings (SSSR count). The monoisotopic (exact) mass is 408 g/mol. The highest BCUT2D eigenvalue weighted by molar-refractivity contribution is 7.18. The van der Waals surface area contributed by atoms with Crippen molar-refractivity contribution in [2.45, 2.75) is 46.1 Å². The van der Waals surface area contributed by atoms with Crippen LogP contribution in [0.2, 0.25) is 0 Å². The third-order valence-corrected chi connectivity index (χ3v) is 6.78. The average Bonchev–Trinajstić information content (AvgIpc) is 3.28. The Morgan fingerprint density at radius 2 is 2.07 bits per heavy atom. The Hall–Kier alpha value is -2.47. The molecule has 3 unspecified atom stereocenters. The molecule has 152 valence electrons. The molecule has 1 aliphatic rings. The molecule has 1 amide bonds. The molecule has 0 bridgehead atoms. The molecule has 29 heavy (non-hydrogen) atoms. The number of amides is 1. The van der Waals surface area contributed by atoms with Crippen LogP contribution in [0.5, 0.6) is 0 Å². The van der Waals surface area contributed by atoms with Gasteiger partial charge in [-0.05, 0) is 50.8 Å². The molecule has 6 heteroatoms. The van der Waals surface area contributed by atoms with Crippen molar-refractivity contribution in [3.8, 4) is 0 Å². The van der Waals surface area contributed by atoms with Crippen molar-refractivity contribution < 1.29 is 4.79 Å². The molecule has 3 atom stereocenters. The van der Waals surface area contributed by atoms with E-state index in [1.54, 1.807) is 11.3 Å². The number of rotatable bonds is 6. The lowest BCUT2D eigenvalue weighted by atomic mass is 9.82. The molecular formula is C23H28N4OS. The van der Waals surface area contributed by atoms with E-state index in [4.69, 9.17) is 4.98 Å². The minimum Gasteiger partial charge on any atom is -0.355 e. The molecule has 2 aromatic heterocycles. The summed E-state index contributed by atoms with van der Waals surface area (Å²) in [5.41, 5.74) is 3.22. The number of carbonyl (C=O) groups is 1. The van der Waals surface area contributed by atoms with Gasteiger partial charge in [-0.2, -0.15) is 5.10 Å². The van der Waals surface area contributed by atoms with E-state index in [1.165, 1.54) is 4.70 Å². The number of aryl methyl sites for hydroxylation is 2. The van der Waals surface area contributed by atoms with Gasteiger partial charge in [0.25, 0.3) is 0 Å². The van der Waals surface area contributed by atoms with E-state index in [9.17, 15) is 4.79 Å². The molecule has 1 aromatic carbocycles. The number of hydrogen-bond acceptors (Lipinski definition) is 4. The second-order valence-electron chi connectivity index (χ2n) is 8.14. The number of fused-ring (bicyclic) bond motifs is 1. The normalized spacial score (nSPS) is 20.1. The van der Waals surface area contributed by atoms with Gasteiger partial charge in [-0.3, -0.25) is 9.48 Å². The van der Waals surface area contributed by atoms with Crippen LogP contribution in [-0.2, 0) is 11.3 Å². The minimum atomic E-state index is -0.0542. The zero-order chi connectivity index (χ0) is 20.4. The fraction of sp³-hybridized carbons (Fsp3) is 0.435. The van der Waals surface area contributed by atoms with E-state index in [1.807, 2.05) is 29.8 Å². The van der Waals surface area contributed by atoms with Gasteiger partial charge in [0.05, 0.1) is 26.8 Å². The summed E-state index contributed by atoms with van der Waals surface area (Å²) >= 11 is 1.72. The summed E-state index contributed by atoms with van der Waals surface area (Å²) < 4.78 is 3.22. The highest BCUT2D eigenvalue weighted by Gasteiger charge is 2.32. The van der Waals surface area contributed by atoms with Gasteiger partial charge in [0.1, 0.15) is 0 Å². The maximum absolute atomic E-state index is 13.0. The fourth-order valence-corrected chi connectivity index (χ4v) is 5.20. The smallest absolute Gasteiger partial charge is 0.224 e. The zero-order valence-corrected chi connectivity index (χ0v) is 18.1. The number of allylic oxidation sites excluding steroid dienone is 2. The van der Waals surface area contributed by atoms with E-state index in [0.29, 0.717) is 12.5 Å². The zero-order valence-electron chi connectivity index (χ0n) is 17.3. The second kappa shape index (κ2) is 8.49. The fourth-order valence-electron chi connectivity index (χ4n) is 4.05. The highest BCUT2D eigenvalue weighted by atomic mass is 32.1. The molecule has 0 aliphatic heterocycles. The van der Waals surface area contributed by atoms with Gasteiger partial charge in [0.2, 0.25) is 5.91 Å². The lowest BCUT2D eigenvalue weighted by Crippen LogP contribution is -2.38. The van der Waals surface area contributed by atoms with Gasteiger partial charge in [0, 0.05) is 24.7 Å². The van der Waals surface area contributed by atoms with Crippen LogP contribution in [0.1, 0.15) is 42.1 Å². The number of para-hydroxylation sites is 1. The standard InChI is InChI=1S/C23H28N4OS/c1-15(14-27-17(3)12-16(2)26-27)13-24-22(28)18-8-4-5-9-19(18)23-25-20-10-6-7-11-21(20)29-23/h4-7,10-12,15,18-19H,8-9,13-14H2,1-3H3,(H,24,28). The molecular weight excluding hydrogens is 380 g/mol. The third-order valence-electron chi connectivity index (χ3n) is 5.61. The Labute approximate surface area is 175 Å². The van der Waals surface area contributed by atoms with Crippen molar-refractivity contribution in [1.82, 2.24) is 20.1 Å². The molecule has 5 nitrogen and oxygen atoms in total. The van der Waals surface area contributed by atoms with E-state index in [-0.39, 0.29) is 17.7 Å². The van der Waals surface area contributed by atoms with Crippen LogP contribution in [0.25, 0.3) is 10.2 Å². The first-order valence-corrected chi connectivity index (χ1v) is 11.1. The maximum atomic E-state index is 13.0. The maximum Gasteiger partial charge on any atom is 0.224 e. The van der Waals surface area contributed by atoms with Crippen LogP contribution in [0.4, 0.5) is 0 Å². The minimum absolute atomic E-state index is 0.0542. The van der Waals surface area contributed by atoms with Crippen molar-refractivity contribution in [3.05, 3.63) is 58.9 Å². The van der Waals surface area contributed by atoms with Gasteiger partial charge < -0.3 is 5.32 Å². The summed E-state index contributed by atoms with van der Waals surface area (Å²) in [6.07, 6.45) is 5.97. The Kier molecular flexibility index (Phi) is 5.81. The number of nitrogens with zero attached hydrogens (tertiary/aromatic N) is 3. The summed E-state index contributed by atoms with van der Waals surface area (Å²) in [6.45, 7) is 7.70. The molecule has 1 aliphatic carbocycles. The van der Waals surface area contributed by atoms with E-state index in [0.717, 1.165) is 41.3 Å². The average molecular weight is 409 g/mol. The number of thiazole rings is 1. The molecule has 0 saturated heterocycles. The van der Waals surface area contributed by atoms with Gasteiger partial charge >= 0.3 is 0 Å². The van der Waals surface area contributed by atoms with Gasteiger partial charge in [-0.25, -0.2) is 4.98 Å². The number of carbonyl (C=O) groups excluding carboxylic acids is 1. The van der Waals surface area contributed by atoms with Crippen LogP contribution in [0, 0.1) is 25.7 Å². The van der Waals surface area contributed by atoms with Crippen molar-refractivity contribution in [2.75, 3.05) is 6.54 Å². The number of hydrogen-bond donors (Lipinski definition) is 1. The quantitative estimate of drug-likeness (QED) is 0.606. The first-order valence-electron chi connectivity index (χ1n) is 10.3. The van der Waals surface area contributed by atoms with Crippen LogP contribution >= 0.6 is 11.3 Å². The van der Waals surface area contributed by atoms with Crippen LogP contribution in [0.15, 0.2) is 42.5 Å². The summed E-state index contributed by atoms with van der Waals surface area (Å²) in [4.78, 5) is 17.9. The topological polar surface area (TPSA) is 59.8 Å². The van der Waals surface area contributed by atoms with E-state index < -0.39 is 0 Å². The molecule has 2 heterocycles. The Morgan fingerprint density at radius 1 is 1.28 bits per heavy atom. The molecule has 0 radical (unpaired) electrons. The summed E-state index contributed by atoms with van der Waals surface area (Å²) in [7, 11) is 0. The Balaban J connectivity index is 1.41.